The molecule has 3 heterocycles. The number of benzene rings is 1. The molecule has 3 aromatic rings. The Morgan fingerprint density at radius 3 is 2.62 bits per heavy atom. The second kappa shape index (κ2) is 12.1. The van der Waals surface area contributed by atoms with Crippen LogP contribution in [0.4, 0.5) is 4.39 Å². The molecule has 5 rings (SSSR count). The van der Waals surface area contributed by atoms with Crippen molar-refractivity contribution in [1.29, 1.82) is 0 Å². The molecule has 1 saturated heterocycles. The number of hydrogen-bond acceptors (Lipinski definition) is 8. The van der Waals surface area contributed by atoms with E-state index in [0.29, 0.717) is 34.9 Å². The average molecular weight is 604 g/mol. The van der Waals surface area contributed by atoms with Crippen LogP contribution >= 0.6 is 0 Å². The number of rotatable bonds is 9. The highest BCUT2D eigenvalue weighted by molar-refractivity contribution is 7.88. The molecule has 2 unspecified atom stereocenters. The zero-order chi connectivity index (χ0) is 30.2. The van der Waals surface area contributed by atoms with E-state index in [4.69, 9.17) is 9.26 Å². The van der Waals surface area contributed by atoms with Gasteiger partial charge in [-0.25, -0.2) is 22.1 Å². The molecule has 1 aromatic carbocycles. The number of aromatic amines is 1. The molecule has 2 N–H and O–H groups in total. The Morgan fingerprint density at radius 1 is 1.21 bits per heavy atom. The van der Waals surface area contributed by atoms with E-state index in [1.807, 2.05) is 6.92 Å². The third kappa shape index (κ3) is 5.94. The first-order valence-electron chi connectivity index (χ1n) is 14.6. The number of aromatic nitrogens is 3. The van der Waals surface area contributed by atoms with E-state index in [0.717, 1.165) is 31.9 Å². The van der Waals surface area contributed by atoms with Gasteiger partial charge in [0.2, 0.25) is 10.0 Å². The second-order valence-electron chi connectivity index (χ2n) is 11.5. The largest absolute Gasteiger partial charge is 0.466 e. The van der Waals surface area contributed by atoms with E-state index in [9.17, 15) is 18.0 Å². The Hall–Kier alpha value is -3.32. The van der Waals surface area contributed by atoms with Gasteiger partial charge in [0.15, 0.2) is 5.82 Å². The molecule has 2 aromatic heterocycles. The zero-order valence-electron chi connectivity index (χ0n) is 24.4. The lowest BCUT2D eigenvalue weighted by Gasteiger charge is -2.32. The number of sulfonamides is 1. The first-order valence-corrected chi connectivity index (χ1v) is 16.4. The maximum atomic E-state index is 16.2. The van der Waals surface area contributed by atoms with Crippen molar-refractivity contribution in [1.82, 2.24) is 24.7 Å². The third-order valence-corrected chi connectivity index (χ3v) is 9.96. The van der Waals surface area contributed by atoms with Gasteiger partial charge in [-0.3, -0.25) is 9.59 Å². The summed E-state index contributed by atoms with van der Waals surface area (Å²) in [5.74, 6) is -1.99. The summed E-state index contributed by atoms with van der Waals surface area (Å²) in [5, 5.41) is 7.03. The molecule has 2 fully saturated rings. The first-order chi connectivity index (χ1) is 20.0. The number of carbonyl (C=O) groups excluding carboxylic acids is 2. The third-order valence-electron chi connectivity index (χ3n) is 8.72. The standard InChI is InChI=1S/C29H38FN5O6S/c1-5-22-21(15-41-34-22)28(36)33-25(17-9-7-16(3)8-10-17)27-31-23-12-11-18(24(30)26(23)32-27)19-13-35(42(4,38)39)14-20(19)29(37)40-6-2/h11-12,15-17,19-20,25H,5-10,13-14H2,1-4H3,(H,31,32)(H,33,36)/t16?,17?,19?,20?,25-/m0/s1. The average Bonchev–Trinajstić information content (AvgIpc) is 3.71. The molecule has 2 aliphatic rings. The van der Waals surface area contributed by atoms with Gasteiger partial charge in [-0.2, -0.15) is 0 Å². The Labute approximate surface area is 244 Å². The minimum atomic E-state index is -3.61. The Bertz CT molecular complexity index is 1560. The zero-order valence-corrected chi connectivity index (χ0v) is 25.2. The van der Waals surface area contributed by atoms with Crippen molar-refractivity contribution in [2.75, 3.05) is 26.0 Å². The Kier molecular flexibility index (Phi) is 8.70. The van der Waals surface area contributed by atoms with E-state index in [-0.39, 0.29) is 42.6 Å². The number of imidazole rings is 1. The van der Waals surface area contributed by atoms with Crippen LogP contribution in [0.3, 0.4) is 0 Å². The van der Waals surface area contributed by atoms with E-state index >= 15 is 4.39 Å². The smallest absolute Gasteiger partial charge is 0.310 e. The highest BCUT2D eigenvalue weighted by Crippen LogP contribution is 2.40. The monoisotopic (exact) mass is 603 g/mol. The van der Waals surface area contributed by atoms with Crippen LogP contribution in [0.1, 0.15) is 85.9 Å². The van der Waals surface area contributed by atoms with Crippen LogP contribution in [0.25, 0.3) is 11.0 Å². The van der Waals surface area contributed by atoms with Crippen molar-refractivity contribution >= 4 is 32.9 Å². The summed E-state index contributed by atoms with van der Waals surface area (Å²) in [6.45, 7) is 5.78. The minimum absolute atomic E-state index is 0.0422. The Balaban J connectivity index is 1.51. The number of halogens is 1. The molecule has 0 spiro atoms. The number of ether oxygens (including phenoxy) is 1. The second-order valence-corrected chi connectivity index (χ2v) is 13.5. The van der Waals surface area contributed by atoms with E-state index < -0.39 is 39.7 Å². The molecule has 1 aliphatic heterocycles. The van der Waals surface area contributed by atoms with Gasteiger partial charge < -0.3 is 19.6 Å². The van der Waals surface area contributed by atoms with Crippen LogP contribution in [-0.2, 0) is 26.0 Å². The van der Waals surface area contributed by atoms with E-state index in [1.165, 1.54) is 10.6 Å². The van der Waals surface area contributed by atoms with E-state index in [1.54, 1.807) is 19.1 Å². The molecular weight excluding hydrogens is 565 g/mol. The summed E-state index contributed by atoms with van der Waals surface area (Å²) < 4.78 is 52.3. The van der Waals surface area contributed by atoms with Crippen LogP contribution in [0.5, 0.6) is 0 Å². The lowest BCUT2D eigenvalue weighted by atomic mass is 9.79. The van der Waals surface area contributed by atoms with Crippen LogP contribution in [0, 0.1) is 23.6 Å². The van der Waals surface area contributed by atoms with E-state index in [2.05, 4.69) is 27.4 Å². The van der Waals surface area contributed by atoms with Crippen molar-refractivity contribution in [2.24, 2.45) is 17.8 Å². The van der Waals surface area contributed by atoms with Crippen molar-refractivity contribution in [3.63, 3.8) is 0 Å². The maximum Gasteiger partial charge on any atom is 0.310 e. The molecular formula is C29H38FN5O6S. The van der Waals surface area contributed by atoms with Crippen molar-refractivity contribution in [2.45, 2.75) is 64.8 Å². The number of amides is 1. The maximum absolute atomic E-state index is 16.2. The van der Waals surface area contributed by atoms with Gasteiger partial charge in [0.1, 0.15) is 23.2 Å². The summed E-state index contributed by atoms with van der Waals surface area (Å²) in [5.41, 5.74) is 1.64. The molecule has 1 saturated carbocycles. The number of nitrogens with zero attached hydrogens (tertiary/aromatic N) is 3. The molecule has 42 heavy (non-hydrogen) atoms. The van der Waals surface area contributed by atoms with Gasteiger partial charge in [-0.1, -0.05) is 37.9 Å². The van der Waals surface area contributed by atoms with Crippen molar-refractivity contribution < 1.29 is 31.7 Å². The number of H-pyrrole nitrogens is 1. The summed E-state index contributed by atoms with van der Waals surface area (Å²) in [4.78, 5) is 34.0. The fourth-order valence-electron chi connectivity index (χ4n) is 6.30. The van der Waals surface area contributed by atoms with Crippen LogP contribution in [0.2, 0.25) is 0 Å². The van der Waals surface area contributed by atoms with Crippen LogP contribution in [-0.4, -0.2) is 65.7 Å². The van der Waals surface area contributed by atoms with Gasteiger partial charge in [0.05, 0.1) is 36.0 Å². The van der Waals surface area contributed by atoms with Crippen LogP contribution in [0.15, 0.2) is 22.9 Å². The molecule has 3 atom stereocenters. The molecule has 13 heteroatoms. The number of fused-ring (bicyclic) bond motifs is 1. The summed E-state index contributed by atoms with van der Waals surface area (Å²) in [6.07, 6.45) is 6.72. The van der Waals surface area contributed by atoms with Gasteiger partial charge in [0, 0.05) is 19.0 Å². The summed E-state index contributed by atoms with van der Waals surface area (Å²) in [7, 11) is -3.61. The van der Waals surface area contributed by atoms with Crippen molar-refractivity contribution in [3.05, 3.63) is 46.9 Å². The normalized spacial score (nSPS) is 24.1. The molecule has 0 bridgehead atoms. The number of carbonyl (C=O) groups is 2. The highest BCUT2D eigenvalue weighted by Gasteiger charge is 2.44. The number of hydrogen-bond donors (Lipinski definition) is 2. The van der Waals surface area contributed by atoms with Crippen molar-refractivity contribution in [3.8, 4) is 0 Å². The molecule has 1 amide bonds. The summed E-state index contributed by atoms with van der Waals surface area (Å²) >= 11 is 0. The Morgan fingerprint density at radius 2 is 1.95 bits per heavy atom. The lowest BCUT2D eigenvalue weighted by molar-refractivity contribution is -0.147. The highest BCUT2D eigenvalue weighted by atomic mass is 32.2. The quantitative estimate of drug-likeness (QED) is 0.348. The van der Waals surface area contributed by atoms with Gasteiger partial charge in [-0.15, -0.1) is 0 Å². The molecule has 0 radical (unpaired) electrons. The minimum Gasteiger partial charge on any atom is -0.466 e. The fourth-order valence-corrected chi connectivity index (χ4v) is 7.16. The predicted molar refractivity (Wildman–Crippen MR) is 153 cm³/mol. The molecule has 228 valence electrons. The number of esters is 1. The number of nitrogens with one attached hydrogen (secondary N) is 2. The lowest BCUT2D eigenvalue weighted by Crippen LogP contribution is -2.36. The van der Waals surface area contributed by atoms with Crippen LogP contribution < -0.4 is 5.32 Å². The number of aryl methyl sites for hydroxylation is 1. The first kappa shape index (κ1) is 30.1. The van der Waals surface area contributed by atoms with Gasteiger partial charge >= 0.3 is 5.97 Å². The SMILES string of the molecule is CCOC(=O)C1CN(S(C)(=O)=O)CC1c1ccc2[nH]c([C@@H](NC(=O)c3conc3CC)C3CCC(C)CC3)nc2c1F. The van der Waals surface area contributed by atoms with Gasteiger partial charge in [-0.05, 0) is 49.7 Å². The topological polar surface area (TPSA) is 147 Å². The fraction of sp³-hybridized carbons (Fsp3) is 0.586. The predicted octanol–water partition coefficient (Wildman–Crippen LogP) is 4.09. The molecule has 1 aliphatic carbocycles. The summed E-state index contributed by atoms with van der Waals surface area (Å²) in [6, 6.07) is 2.76. The van der Waals surface area contributed by atoms with Gasteiger partial charge in [0.25, 0.3) is 5.91 Å². The molecule has 11 nitrogen and oxygen atoms in total.